The van der Waals surface area contributed by atoms with Gasteiger partial charge in [0, 0.05) is 11.5 Å². The summed E-state index contributed by atoms with van der Waals surface area (Å²) in [6, 6.07) is 9.69. The largest absolute Gasteiger partial charge is 0.368 e. The van der Waals surface area contributed by atoms with Crippen molar-refractivity contribution < 1.29 is 4.79 Å². The first-order valence-electron chi connectivity index (χ1n) is 6.46. The van der Waals surface area contributed by atoms with Gasteiger partial charge in [-0.15, -0.1) is 6.58 Å². The second-order valence-electron chi connectivity index (χ2n) is 4.37. The van der Waals surface area contributed by atoms with Crippen LogP contribution in [0.4, 0.5) is 0 Å². The van der Waals surface area contributed by atoms with Gasteiger partial charge in [-0.25, -0.2) is 0 Å². The van der Waals surface area contributed by atoms with Gasteiger partial charge >= 0.3 is 0 Å². The number of hydrogen-bond acceptors (Lipinski definition) is 3. The van der Waals surface area contributed by atoms with Crippen LogP contribution >= 0.6 is 11.8 Å². The quantitative estimate of drug-likeness (QED) is 0.538. The highest BCUT2D eigenvalue weighted by atomic mass is 32.2. The summed E-state index contributed by atoms with van der Waals surface area (Å²) in [6.45, 7) is 6.53. The smallest absolute Gasteiger partial charge is 0.243 e. The molecule has 1 unspecified atom stereocenters. The molecule has 4 heteroatoms. The van der Waals surface area contributed by atoms with Crippen molar-refractivity contribution in [3.8, 4) is 0 Å². The van der Waals surface area contributed by atoms with Crippen molar-refractivity contribution in [2.75, 3.05) is 18.1 Å². The van der Waals surface area contributed by atoms with Gasteiger partial charge < -0.3 is 5.73 Å². The number of nitrogens with two attached hydrogens (primary N) is 1. The molecule has 0 aliphatic carbocycles. The van der Waals surface area contributed by atoms with E-state index in [1.807, 2.05) is 36.4 Å². The van der Waals surface area contributed by atoms with Gasteiger partial charge in [0.2, 0.25) is 5.91 Å². The van der Waals surface area contributed by atoms with Gasteiger partial charge in [-0.1, -0.05) is 43.3 Å². The van der Waals surface area contributed by atoms with Crippen molar-refractivity contribution in [2.45, 2.75) is 18.9 Å². The maximum Gasteiger partial charge on any atom is 0.243 e. The van der Waals surface area contributed by atoms with E-state index < -0.39 is 5.54 Å². The summed E-state index contributed by atoms with van der Waals surface area (Å²) in [7, 11) is 0. The van der Waals surface area contributed by atoms with Crippen molar-refractivity contribution in [3.05, 3.63) is 48.6 Å². The van der Waals surface area contributed by atoms with E-state index >= 15 is 0 Å². The van der Waals surface area contributed by atoms with Crippen LogP contribution in [0, 0.1) is 0 Å². The number of primary amides is 1. The van der Waals surface area contributed by atoms with E-state index in [2.05, 4.69) is 18.8 Å². The number of carbonyl (C=O) groups is 1. The van der Waals surface area contributed by atoms with E-state index in [4.69, 9.17) is 5.73 Å². The second-order valence-corrected chi connectivity index (χ2v) is 5.40. The first kappa shape index (κ1) is 15.8. The Bertz CT molecular complexity index is 408. The van der Waals surface area contributed by atoms with Crippen LogP contribution in [0.1, 0.15) is 18.9 Å². The SMILES string of the molecule is C=CCSCC(NCCC)(C(N)=O)c1ccccc1. The fourth-order valence-corrected chi connectivity index (χ4v) is 2.90. The Morgan fingerprint density at radius 3 is 2.68 bits per heavy atom. The molecule has 1 rings (SSSR count). The molecule has 3 N–H and O–H groups in total. The fraction of sp³-hybridized carbons (Fsp3) is 0.400. The van der Waals surface area contributed by atoms with E-state index in [-0.39, 0.29) is 5.91 Å². The predicted molar refractivity (Wildman–Crippen MR) is 83.1 cm³/mol. The van der Waals surface area contributed by atoms with E-state index in [9.17, 15) is 4.79 Å². The maximum absolute atomic E-state index is 12.0. The molecule has 1 amide bonds. The lowest BCUT2D eigenvalue weighted by Gasteiger charge is -2.32. The molecule has 0 spiro atoms. The minimum atomic E-state index is -0.801. The monoisotopic (exact) mass is 278 g/mol. The van der Waals surface area contributed by atoms with Gasteiger partial charge in [0.25, 0.3) is 0 Å². The minimum Gasteiger partial charge on any atom is -0.368 e. The predicted octanol–water partition coefficient (Wildman–Crippen LogP) is 2.29. The normalized spacial score (nSPS) is 13.7. The highest BCUT2D eigenvalue weighted by molar-refractivity contribution is 7.99. The van der Waals surface area contributed by atoms with E-state index in [1.165, 1.54) is 0 Å². The number of benzene rings is 1. The second kappa shape index (κ2) is 8.02. The summed E-state index contributed by atoms with van der Waals surface area (Å²) < 4.78 is 0. The molecule has 0 fully saturated rings. The molecule has 0 aliphatic rings. The Labute approximate surface area is 119 Å². The number of hydrogen-bond donors (Lipinski definition) is 2. The molecular weight excluding hydrogens is 256 g/mol. The van der Waals surface area contributed by atoms with Crippen LogP contribution < -0.4 is 11.1 Å². The molecule has 0 bridgehead atoms. The van der Waals surface area contributed by atoms with Crippen LogP contribution in [0.2, 0.25) is 0 Å². The molecular formula is C15H22N2OS. The van der Waals surface area contributed by atoms with Gasteiger partial charge in [-0.3, -0.25) is 10.1 Å². The number of carbonyl (C=O) groups excluding carboxylic acids is 1. The van der Waals surface area contributed by atoms with Gasteiger partial charge in [-0.2, -0.15) is 11.8 Å². The van der Waals surface area contributed by atoms with Crippen LogP contribution in [0.15, 0.2) is 43.0 Å². The standard InChI is InChI=1S/C15H22N2OS/c1-3-10-17-15(14(16)18,12-19-11-4-2)13-8-6-5-7-9-13/h4-9,17H,2-3,10-12H2,1H3,(H2,16,18). The van der Waals surface area contributed by atoms with Crippen molar-refractivity contribution >= 4 is 17.7 Å². The average Bonchev–Trinajstić information content (AvgIpc) is 2.43. The van der Waals surface area contributed by atoms with Gasteiger partial charge in [0.1, 0.15) is 5.54 Å². The Hall–Kier alpha value is -1.26. The Morgan fingerprint density at radius 1 is 1.47 bits per heavy atom. The molecule has 0 aromatic heterocycles. The van der Waals surface area contributed by atoms with Gasteiger partial charge in [0.15, 0.2) is 0 Å². The molecule has 1 atom stereocenters. The third-order valence-corrected chi connectivity index (χ3v) is 4.03. The average molecular weight is 278 g/mol. The molecule has 104 valence electrons. The van der Waals surface area contributed by atoms with Gasteiger partial charge in [-0.05, 0) is 18.5 Å². The highest BCUT2D eigenvalue weighted by Gasteiger charge is 2.37. The Morgan fingerprint density at radius 2 is 2.16 bits per heavy atom. The molecule has 0 saturated heterocycles. The number of amides is 1. The molecule has 0 saturated carbocycles. The van der Waals surface area contributed by atoms with Crippen molar-refractivity contribution in [2.24, 2.45) is 5.73 Å². The lowest BCUT2D eigenvalue weighted by molar-refractivity contribution is -0.123. The zero-order valence-electron chi connectivity index (χ0n) is 11.4. The van der Waals surface area contributed by atoms with Gasteiger partial charge in [0.05, 0.1) is 0 Å². The van der Waals surface area contributed by atoms with Crippen LogP contribution in [0.25, 0.3) is 0 Å². The molecule has 1 aromatic carbocycles. The summed E-state index contributed by atoms with van der Waals surface area (Å²) in [5, 5.41) is 3.33. The van der Waals surface area contributed by atoms with Crippen LogP contribution in [0.5, 0.6) is 0 Å². The van der Waals surface area contributed by atoms with Crippen molar-refractivity contribution in [1.82, 2.24) is 5.32 Å². The third kappa shape index (κ3) is 4.11. The highest BCUT2D eigenvalue weighted by Crippen LogP contribution is 2.26. The van der Waals surface area contributed by atoms with E-state index in [1.54, 1.807) is 11.8 Å². The first-order chi connectivity index (χ1) is 9.17. The minimum absolute atomic E-state index is 0.330. The van der Waals surface area contributed by atoms with Crippen LogP contribution in [0.3, 0.4) is 0 Å². The lowest BCUT2D eigenvalue weighted by atomic mass is 9.91. The molecule has 19 heavy (non-hydrogen) atoms. The first-order valence-corrected chi connectivity index (χ1v) is 7.62. The van der Waals surface area contributed by atoms with E-state index in [0.717, 1.165) is 24.3 Å². The summed E-state index contributed by atoms with van der Waals surface area (Å²) in [5.74, 6) is 1.08. The number of thioether (sulfide) groups is 1. The maximum atomic E-state index is 12.0. The molecule has 0 radical (unpaired) electrons. The van der Waals surface area contributed by atoms with Crippen molar-refractivity contribution in [1.29, 1.82) is 0 Å². The molecule has 0 aliphatic heterocycles. The summed E-state index contributed by atoms with van der Waals surface area (Å²) >= 11 is 1.65. The summed E-state index contributed by atoms with van der Waals surface area (Å²) in [6.07, 6.45) is 2.79. The molecule has 3 nitrogen and oxygen atoms in total. The fourth-order valence-electron chi connectivity index (χ4n) is 1.89. The lowest BCUT2D eigenvalue weighted by Crippen LogP contribution is -2.55. The van der Waals surface area contributed by atoms with E-state index in [0.29, 0.717) is 5.75 Å². The topological polar surface area (TPSA) is 55.1 Å². The number of nitrogens with one attached hydrogen (secondary N) is 1. The van der Waals surface area contributed by atoms with Crippen LogP contribution in [-0.4, -0.2) is 24.0 Å². The zero-order chi connectivity index (χ0) is 14.1. The summed E-state index contributed by atoms with van der Waals surface area (Å²) in [4.78, 5) is 12.0. The number of rotatable bonds is 9. The Balaban J connectivity index is 3.03. The zero-order valence-corrected chi connectivity index (χ0v) is 12.2. The molecule has 1 aromatic rings. The molecule has 0 heterocycles. The third-order valence-electron chi connectivity index (χ3n) is 2.92. The van der Waals surface area contributed by atoms with Crippen molar-refractivity contribution in [3.63, 3.8) is 0 Å². The van der Waals surface area contributed by atoms with Crippen LogP contribution in [-0.2, 0) is 10.3 Å². The Kier molecular flexibility index (Phi) is 6.67. The summed E-state index contributed by atoms with van der Waals surface area (Å²) in [5.41, 5.74) is 5.81.